The number of furan rings is 1. The summed E-state index contributed by atoms with van der Waals surface area (Å²) in [5, 5.41) is 5.06. The number of carbonyl (C=O) groups is 1. The highest BCUT2D eigenvalue weighted by atomic mass is 35.5. The minimum absolute atomic E-state index is 0.0844. The maximum atomic E-state index is 12.7. The van der Waals surface area contributed by atoms with Crippen molar-refractivity contribution in [3.63, 3.8) is 0 Å². The van der Waals surface area contributed by atoms with Crippen molar-refractivity contribution in [2.45, 2.75) is 31.7 Å². The predicted octanol–water partition coefficient (Wildman–Crippen LogP) is 3.42. The summed E-state index contributed by atoms with van der Waals surface area (Å²) in [6.45, 7) is 0.705. The number of halogens is 1. The molecule has 21 heavy (non-hydrogen) atoms. The molecule has 3 heterocycles. The maximum Gasteiger partial charge on any atom is 0.290 e. The molecule has 2 aromatic heterocycles. The lowest BCUT2D eigenvalue weighted by Crippen LogP contribution is -2.35. The number of hydrogen-bond donors (Lipinski definition) is 0. The van der Waals surface area contributed by atoms with Crippen LogP contribution in [0.25, 0.3) is 0 Å². The molecule has 1 aliphatic heterocycles. The Morgan fingerprint density at radius 1 is 1.43 bits per heavy atom. The van der Waals surface area contributed by atoms with E-state index in [1.54, 1.807) is 23.0 Å². The molecule has 0 N–H and O–H groups in total. The number of hydrogen-bond acceptors (Lipinski definition) is 3. The molecular weight excluding hydrogens is 290 g/mol. The molecule has 1 saturated heterocycles. The van der Waals surface area contributed by atoms with Crippen LogP contribution in [0.15, 0.2) is 29.0 Å². The highest BCUT2D eigenvalue weighted by Crippen LogP contribution is 2.34. The SMILES string of the molecule is Cn1cc(Cl)c([C@@H]2CCCCCN2C(=O)c2ccco2)n1. The summed E-state index contributed by atoms with van der Waals surface area (Å²) >= 11 is 6.28. The summed E-state index contributed by atoms with van der Waals surface area (Å²) in [5.41, 5.74) is 0.779. The quantitative estimate of drug-likeness (QED) is 0.854. The number of rotatable bonds is 2. The summed E-state index contributed by atoms with van der Waals surface area (Å²) in [7, 11) is 1.84. The molecule has 0 unspecified atom stereocenters. The molecule has 5 nitrogen and oxygen atoms in total. The van der Waals surface area contributed by atoms with E-state index < -0.39 is 0 Å². The molecule has 112 valence electrons. The fourth-order valence-corrected chi connectivity index (χ4v) is 3.19. The monoisotopic (exact) mass is 307 g/mol. The Morgan fingerprint density at radius 2 is 2.29 bits per heavy atom. The van der Waals surface area contributed by atoms with Gasteiger partial charge in [0.1, 0.15) is 5.69 Å². The van der Waals surface area contributed by atoms with E-state index in [2.05, 4.69) is 5.10 Å². The van der Waals surface area contributed by atoms with Gasteiger partial charge in [0.05, 0.1) is 17.3 Å². The van der Waals surface area contributed by atoms with Crippen LogP contribution >= 0.6 is 11.6 Å². The van der Waals surface area contributed by atoms with Gasteiger partial charge in [-0.15, -0.1) is 0 Å². The number of amides is 1. The van der Waals surface area contributed by atoms with Crippen molar-refractivity contribution in [1.29, 1.82) is 0 Å². The standard InChI is InChI=1S/C15H18ClN3O2/c1-18-10-11(16)14(17-18)12-6-3-2-4-8-19(12)15(20)13-7-5-9-21-13/h5,7,9-10,12H,2-4,6,8H2,1H3/t12-/m0/s1. The smallest absolute Gasteiger partial charge is 0.290 e. The third-order valence-corrected chi connectivity index (χ3v) is 4.16. The molecule has 1 atom stereocenters. The molecule has 0 saturated carbocycles. The Balaban J connectivity index is 1.94. The van der Waals surface area contributed by atoms with E-state index >= 15 is 0 Å². The lowest BCUT2D eigenvalue weighted by molar-refractivity contribution is 0.0644. The van der Waals surface area contributed by atoms with Gasteiger partial charge in [0.15, 0.2) is 5.76 Å². The zero-order valence-electron chi connectivity index (χ0n) is 12.0. The Hall–Kier alpha value is -1.75. The van der Waals surface area contributed by atoms with E-state index in [9.17, 15) is 4.79 Å². The number of likely N-dealkylation sites (tertiary alicyclic amines) is 1. The Labute approximate surface area is 128 Å². The number of aryl methyl sites for hydroxylation is 1. The summed E-state index contributed by atoms with van der Waals surface area (Å²) in [6.07, 6.45) is 7.35. The predicted molar refractivity (Wildman–Crippen MR) is 79.2 cm³/mol. The van der Waals surface area contributed by atoms with Crippen LogP contribution in [0.3, 0.4) is 0 Å². The van der Waals surface area contributed by atoms with Gasteiger partial charge in [-0.25, -0.2) is 0 Å². The molecule has 1 amide bonds. The number of carbonyl (C=O) groups excluding carboxylic acids is 1. The van der Waals surface area contributed by atoms with Crippen molar-refractivity contribution in [3.05, 3.63) is 41.1 Å². The van der Waals surface area contributed by atoms with E-state index in [4.69, 9.17) is 16.0 Å². The summed E-state index contributed by atoms with van der Waals surface area (Å²) in [6, 6.07) is 3.34. The lowest BCUT2D eigenvalue weighted by Gasteiger charge is -2.28. The van der Waals surface area contributed by atoms with Crippen LogP contribution < -0.4 is 0 Å². The first kappa shape index (κ1) is 14.2. The molecule has 1 fully saturated rings. The van der Waals surface area contributed by atoms with Crippen LogP contribution in [-0.4, -0.2) is 27.1 Å². The molecule has 0 aromatic carbocycles. The van der Waals surface area contributed by atoms with Crippen molar-refractivity contribution < 1.29 is 9.21 Å². The van der Waals surface area contributed by atoms with Crippen LogP contribution in [0, 0.1) is 0 Å². The van der Waals surface area contributed by atoms with Crippen LogP contribution in [-0.2, 0) is 7.05 Å². The molecule has 0 spiro atoms. The fourth-order valence-electron chi connectivity index (χ4n) is 2.88. The second-order valence-corrected chi connectivity index (χ2v) is 5.78. The molecule has 1 aliphatic rings. The van der Waals surface area contributed by atoms with Crippen molar-refractivity contribution in [2.75, 3.05) is 6.54 Å². The van der Waals surface area contributed by atoms with Gasteiger partial charge in [-0.2, -0.15) is 5.10 Å². The van der Waals surface area contributed by atoms with Gasteiger partial charge >= 0.3 is 0 Å². The van der Waals surface area contributed by atoms with Crippen molar-refractivity contribution in [1.82, 2.24) is 14.7 Å². The summed E-state index contributed by atoms with van der Waals surface area (Å²) in [5.74, 6) is 0.280. The molecule has 0 aliphatic carbocycles. The lowest BCUT2D eigenvalue weighted by atomic mass is 10.1. The Bertz CT molecular complexity index is 621. The second kappa shape index (κ2) is 5.93. The topological polar surface area (TPSA) is 51.3 Å². The highest BCUT2D eigenvalue weighted by Gasteiger charge is 2.31. The highest BCUT2D eigenvalue weighted by molar-refractivity contribution is 6.31. The van der Waals surface area contributed by atoms with Crippen LogP contribution in [0.2, 0.25) is 5.02 Å². The zero-order chi connectivity index (χ0) is 14.8. The first-order valence-electron chi connectivity index (χ1n) is 7.20. The number of aromatic nitrogens is 2. The summed E-state index contributed by atoms with van der Waals surface area (Å²) in [4.78, 5) is 14.5. The van der Waals surface area contributed by atoms with Gasteiger partial charge in [0.2, 0.25) is 0 Å². The first-order valence-corrected chi connectivity index (χ1v) is 7.58. The molecule has 0 radical (unpaired) electrons. The third-order valence-electron chi connectivity index (χ3n) is 3.87. The molecule has 6 heteroatoms. The second-order valence-electron chi connectivity index (χ2n) is 5.38. The van der Waals surface area contributed by atoms with Crippen molar-refractivity contribution in [2.24, 2.45) is 7.05 Å². The Kier molecular flexibility index (Phi) is 4.01. The third kappa shape index (κ3) is 2.83. The molecule has 3 rings (SSSR count). The average molecular weight is 308 g/mol. The van der Waals surface area contributed by atoms with Crippen molar-refractivity contribution >= 4 is 17.5 Å². The van der Waals surface area contributed by atoms with E-state index in [-0.39, 0.29) is 11.9 Å². The minimum atomic E-state index is -0.0892. The van der Waals surface area contributed by atoms with Crippen LogP contribution in [0.4, 0.5) is 0 Å². The molecule has 0 bridgehead atoms. The number of nitrogens with zero attached hydrogens (tertiary/aromatic N) is 3. The van der Waals surface area contributed by atoms with Gasteiger partial charge in [0, 0.05) is 19.8 Å². The van der Waals surface area contributed by atoms with Gasteiger partial charge < -0.3 is 9.32 Å². The van der Waals surface area contributed by atoms with Gasteiger partial charge in [-0.1, -0.05) is 24.4 Å². The van der Waals surface area contributed by atoms with E-state index in [1.807, 2.05) is 11.9 Å². The largest absolute Gasteiger partial charge is 0.459 e. The normalized spacial score (nSPS) is 19.5. The first-order chi connectivity index (χ1) is 10.2. The Morgan fingerprint density at radius 3 is 2.95 bits per heavy atom. The van der Waals surface area contributed by atoms with Gasteiger partial charge in [0.25, 0.3) is 5.91 Å². The average Bonchev–Trinajstić information content (AvgIpc) is 3.02. The van der Waals surface area contributed by atoms with E-state index in [0.29, 0.717) is 17.3 Å². The minimum Gasteiger partial charge on any atom is -0.459 e. The van der Waals surface area contributed by atoms with Gasteiger partial charge in [-0.3, -0.25) is 9.48 Å². The zero-order valence-corrected chi connectivity index (χ0v) is 12.7. The van der Waals surface area contributed by atoms with Gasteiger partial charge in [-0.05, 0) is 25.0 Å². The maximum absolute atomic E-state index is 12.7. The molecular formula is C15H18ClN3O2. The van der Waals surface area contributed by atoms with E-state index in [1.165, 1.54) is 6.26 Å². The van der Waals surface area contributed by atoms with Crippen molar-refractivity contribution in [3.8, 4) is 0 Å². The summed E-state index contributed by atoms with van der Waals surface area (Å²) < 4.78 is 6.95. The van der Waals surface area contributed by atoms with Crippen LogP contribution in [0.5, 0.6) is 0 Å². The fraction of sp³-hybridized carbons (Fsp3) is 0.467. The molecule has 2 aromatic rings. The van der Waals surface area contributed by atoms with E-state index in [0.717, 1.165) is 31.4 Å². The van der Waals surface area contributed by atoms with Crippen LogP contribution in [0.1, 0.15) is 48.0 Å².